The first-order valence-corrected chi connectivity index (χ1v) is 5.98. The van der Waals surface area contributed by atoms with Gasteiger partial charge in [-0.15, -0.1) is 0 Å². The number of carbonyl (C=O) groups is 1. The van der Waals surface area contributed by atoms with E-state index in [0.29, 0.717) is 12.2 Å². The molecule has 0 aromatic heterocycles. The minimum atomic E-state index is 0.393. The Morgan fingerprint density at radius 1 is 1.00 bits per heavy atom. The zero-order valence-electron chi connectivity index (χ0n) is 9.72. The van der Waals surface area contributed by atoms with Crippen LogP contribution in [-0.4, -0.2) is 5.78 Å². The molecule has 0 fully saturated rings. The Kier molecular flexibility index (Phi) is 10.0. The number of hydrogen-bond donors (Lipinski definition) is 0. The second-order valence-corrected chi connectivity index (χ2v) is 3.75. The highest BCUT2D eigenvalue weighted by Crippen LogP contribution is 2.03. The molecule has 82 valence electrons. The van der Waals surface area contributed by atoms with Crippen LogP contribution >= 0.6 is 0 Å². The van der Waals surface area contributed by atoms with Gasteiger partial charge in [0.1, 0.15) is 5.78 Å². The van der Waals surface area contributed by atoms with Crippen LogP contribution in [0.3, 0.4) is 0 Å². The van der Waals surface area contributed by atoms with Crippen molar-refractivity contribution in [2.24, 2.45) is 0 Å². The SMILES string of the molecule is CCCCC/C=C\CCCC(=O)CC. The average molecular weight is 196 g/mol. The Hall–Kier alpha value is -0.590. The molecule has 0 rings (SSSR count). The summed E-state index contributed by atoms with van der Waals surface area (Å²) >= 11 is 0. The molecule has 0 amide bonds. The highest BCUT2D eigenvalue weighted by molar-refractivity contribution is 5.77. The summed E-state index contributed by atoms with van der Waals surface area (Å²) in [4.78, 5) is 11.0. The molecule has 0 radical (unpaired) electrons. The van der Waals surface area contributed by atoms with Crippen LogP contribution in [0.15, 0.2) is 12.2 Å². The van der Waals surface area contributed by atoms with Gasteiger partial charge in [0.15, 0.2) is 0 Å². The zero-order chi connectivity index (χ0) is 10.6. The van der Waals surface area contributed by atoms with Crippen molar-refractivity contribution >= 4 is 5.78 Å². The van der Waals surface area contributed by atoms with Gasteiger partial charge in [0.25, 0.3) is 0 Å². The predicted molar refractivity (Wildman–Crippen MR) is 62.4 cm³/mol. The fraction of sp³-hybridized carbons (Fsp3) is 0.769. The van der Waals surface area contributed by atoms with E-state index in [-0.39, 0.29) is 0 Å². The topological polar surface area (TPSA) is 17.1 Å². The molecule has 0 spiro atoms. The van der Waals surface area contributed by atoms with Gasteiger partial charge in [0.05, 0.1) is 0 Å². The van der Waals surface area contributed by atoms with E-state index in [1.54, 1.807) is 0 Å². The summed E-state index contributed by atoms with van der Waals surface area (Å²) in [5.41, 5.74) is 0. The largest absolute Gasteiger partial charge is 0.300 e. The van der Waals surface area contributed by atoms with Gasteiger partial charge in [-0.05, 0) is 25.7 Å². The first kappa shape index (κ1) is 13.4. The highest BCUT2D eigenvalue weighted by atomic mass is 16.1. The maximum absolute atomic E-state index is 11.0. The normalized spacial score (nSPS) is 11.0. The fourth-order valence-corrected chi connectivity index (χ4v) is 1.34. The molecule has 0 heterocycles. The molecular formula is C13H24O. The van der Waals surface area contributed by atoms with Crippen LogP contribution in [0.4, 0.5) is 0 Å². The van der Waals surface area contributed by atoms with Crippen molar-refractivity contribution in [3.63, 3.8) is 0 Å². The molecule has 0 aliphatic carbocycles. The molecule has 0 aromatic carbocycles. The van der Waals surface area contributed by atoms with Crippen LogP contribution < -0.4 is 0 Å². The van der Waals surface area contributed by atoms with E-state index in [0.717, 1.165) is 19.3 Å². The third-order valence-electron chi connectivity index (χ3n) is 2.36. The van der Waals surface area contributed by atoms with Gasteiger partial charge in [-0.2, -0.15) is 0 Å². The molecule has 0 bridgehead atoms. The van der Waals surface area contributed by atoms with Gasteiger partial charge in [-0.1, -0.05) is 38.8 Å². The lowest BCUT2D eigenvalue weighted by Crippen LogP contribution is -1.93. The smallest absolute Gasteiger partial charge is 0.132 e. The molecule has 0 aromatic rings. The molecule has 0 N–H and O–H groups in total. The third kappa shape index (κ3) is 9.50. The predicted octanol–water partition coefficient (Wildman–Crippen LogP) is 4.27. The van der Waals surface area contributed by atoms with Crippen molar-refractivity contribution in [3.8, 4) is 0 Å². The molecular weight excluding hydrogens is 172 g/mol. The number of hydrogen-bond acceptors (Lipinski definition) is 1. The minimum Gasteiger partial charge on any atom is -0.300 e. The van der Waals surface area contributed by atoms with Crippen LogP contribution in [0.5, 0.6) is 0 Å². The van der Waals surface area contributed by atoms with Crippen LogP contribution in [0, 0.1) is 0 Å². The molecule has 0 aliphatic rings. The summed E-state index contributed by atoms with van der Waals surface area (Å²) in [6.45, 7) is 4.16. The number of unbranched alkanes of at least 4 members (excludes halogenated alkanes) is 4. The van der Waals surface area contributed by atoms with Crippen molar-refractivity contribution in [2.75, 3.05) is 0 Å². The van der Waals surface area contributed by atoms with E-state index in [1.807, 2.05) is 6.92 Å². The van der Waals surface area contributed by atoms with E-state index in [4.69, 9.17) is 0 Å². The molecule has 0 saturated carbocycles. The first-order valence-electron chi connectivity index (χ1n) is 5.98. The Labute approximate surface area is 88.6 Å². The maximum Gasteiger partial charge on any atom is 0.132 e. The lowest BCUT2D eigenvalue weighted by atomic mass is 10.1. The van der Waals surface area contributed by atoms with E-state index in [1.165, 1.54) is 25.7 Å². The van der Waals surface area contributed by atoms with Gasteiger partial charge < -0.3 is 0 Å². The van der Waals surface area contributed by atoms with Gasteiger partial charge in [0, 0.05) is 12.8 Å². The lowest BCUT2D eigenvalue weighted by molar-refractivity contribution is -0.118. The Morgan fingerprint density at radius 2 is 1.64 bits per heavy atom. The summed E-state index contributed by atoms with van der Waals surface area (Å²) in [5.74, 6) is 0.393. The average Bonchev–Trinajstić information content (AvgIpc) is 2.21. The summed E-state index contributed by atoms with van der Waals surface area (Å²) in [6.07, 6.45) is 13.2. The number of carbonyl (C=O) groups excluding carboxylic acids is 1. The van der Waals surface area contributed by atoms with E-state index in [2.05, 4.69) is 19.1 Å². The van der Waals surface area contributed by atoms with Crippen LogP contribution in [-0.2, 0) is 4.79 Å². The summed E-state index contributed by atoms with van der Waals surface area (Å²) in [7, 11) is 0. The van der Waals surface area contributed by atoms with Crippen LogP contribution in [0.1, 0.15) is 65.2 Å². The molecule has 0 unspecified atom stereocenters. The van der Waals surface area contributed by atoms with Gasteiger partial charge in [0.2, 0.25) is 0 Å². The monoisotopic (exact) mass is 196 g/mol. The summed E-state index contributed by atoms with van der Waals surface area (Å²) < 4.78 is 0. The molecule has 1 nitrogen and oxygen atoms in total. The molecule has 14 heavy (non-hydrogen) atoms. The molecule has 0 atom stereocenters. The van der Waals surface area contributed by atoms with Gasteiger partial charge in [-0.25, -0.2) is 0 Å². The second-order valence-electron chi connectivity index (χ2n) is 3.75. The standard InChI is InChI=1S/C13H24O/c1-3-5-6-7-8-9-10-11-12-13(14)4-2/h8-9H,3-7,10-12H2,1-2H3/b9-8-. The van der Waals surface area contributed by atoms with E-state index >= 15 is 0 Å². The van der Waals surface area contributed by atoms with Crippen molar-refractivity contribution < 1.29 is 4.79 Å². The van der Waals surface area contributed by atoms with Gasteiger partial charge in [-0.3, -0.25) is 4.79 Å². The van der Waals surface area contributed by atoms with E-state index < -0.39 is 0 Å². The summed E-state index contributed by atoms with van der Waals surface area (Å²) in [6, 6.07) is 0. The number of ketones is 1. The summed E-state index contributed by atoms with van der Waals surface area (Å²) in [5, 5.41) is 0. The Balaban J connectivity index is 3.14. The number of rotatable bonds is 9. The maximum atomic E-state index is 11.0. The first-order chi connectivity index (χ1) is 6.81. The number of Topliss-reactive ketones (excluding diaryl/α,β-unsaturated/α-hetero) is 1. The second kappa shape index (κ2) is 10.5. The third-order valence-corrected chi connectivity index (χ3v) is 2.36. The zero-order valence-corrected chi connectivity index (χ0v) is 9.72. The highest BCUT2D eigenvalue weighted by Gasteiger charge is 1.95. The fourth-order valence-electron chi connectivity index (χ4n) is 1.34. The van der Waals surface area contributed by atoms with Crippen molar-refractivity contribution in [1.82, 2.24) is 0 Å². The van der Waals surface area contributed by atoms with Crippen LogP contribution in [0.2, 0.25) is 0 Å². The van der Waals surface area contributed by atoms with Crippen molar-refractivity contribution in [2.45, 2.75) is 65.2 Å². The minimum absolute atomic E-state index is 0.393. The Morgan fingerprint density at radius 3 is 2.21 bits per heavy atom. The van der Waals surface area contributed by atoms with Crippen molar-refractivity contribution in [1.29, 1.82) is 0 Å². The van der Waals surface area contributed by atoms with Crippen LogP contribution in [0.25, 0.3) is 0 Å². The quantitative estimate of drug-likeness (QED) is 0.397. The molecule has 0 saturated heterocycles. The van der Waals surface area contributed by atoms with E-state index in [9.17, 15) is 4.79 Å². The Bertz CT molecular complexity index is 159. The van der Waals surface area contributed by atoms with Crippen molar-refractivity contribution in [3.05, 3.63) is 12.2 Å². The molecule has 0 aliphatic heterocycles. The van der Waals surface area contributed by atoms with Gasteiger partial charge >= 0.3 is 0 Å². The molecule has 1 heteroatoms. The number of allylic oxidation sites excluding steroid dienone is 2. The lowest BCUT2D eigenvalue weighted by Gasteiger charge is -1.94.